The van der Waals surface area contributed by atoms with Crippen molar-refractivity contribution in [1.82, 2.24) is 9.97 Å². The van der Waals surface area contributed by atoms with E-state index in [2.05, 4.69) is 15.3 Å². The SMILES string of the molecule is COCC(Oc1cc2c(NCc3cccc(C(F)(F)C(C)(C)O)c3F)nc(C)nc2cc1OC)C1CC1. The van der Waals surface area contributed by atoms with Gasteiger partial charge in [-0.3, -0.25) is 0 Å². The zero-order valence-electron chi connectivity index (χ0n) is 21.6. The predicted octanol–water partition coefficient (Wildman–Crippen LogP) is 5.36. The zero-order chi connectivity index (χ0) is 27.0. The summed E-state index contributed by atoms with van der Waals surface area (Å²) in [5.74, 6) is -2.61. The van der Waals surface area contributed by atoms with Crippen molar-refractivity contribution in [2.45, 2.75) is 57.8 Å². The summed E-state index contributed by atoms with van der Waals surface area (Å²) < 4.78 is 61.7. The van der Waals surface area contributed by atoms with Crippen molar-refractivity contribution in [1.29, 1.82) is 0 Å². The highest BCUT2D eigenvalue weighted by molar-refractivity contribution is 5.91. The quantitative estimate of drug-likeness (QED) is 0.353. The molecule has 2 N–H and O–H groups in total. The van der Waals surface area contributed by atoms with Gasteiger partial charge in [0.25, 0.3) is 0 Å². The molecule has 2 aromatic carbocycles. The topological polar surface area (TPSA) is 85.7 Å². The number of nitrogens with one attached hydrogen (secondary N) is 1. The van der Waals surface area contributed by atoms with Crippen LogP contribution < -0.4 is 14.8 Å². The second-order valence-electron chi connectivity index (χ2n) is 9.85. The van der Waals surface area contributed by atoms with Crippen LogP contribution in [-0.4, -0.2) is 47.6 Å². The molecule has 1 aliphatic carbocycles. The number of ether oxygens (including phenoxy) is 3. The molecule has 4 rings (SSSR count). The number of hydrogen-bond acceptors (Lipinski definition) is 7. The average molecular weight is 520 g/mol. The van der Waals surface area contributed by atoms with Gasteiger partial charge in [0.05, 0.1) is 24.8 Å². The molecule has 1 atom stereocenters. The van der Waals surface area contributed by atoms with Gasteiger partial charge in [-0.05, 0) is 51.7 Å². The molecule has 0 radical (unpaired) electrons. The Kier molecular flexibility index (Phi) is 7.52. The molecule has 1 heterocycles. The number of aromatic nitrogens is 2. The summed E-state index contributed by atoms with van der Waals surface area (Å²) in [6.45, 7) is 3.92. The molecule has 0 saturated heterocycles. The van der Waals surface area contributed by atoms with Gasteiger partial charge in [-0.2, -0.15) is 8.78 Å². The van der Waals surface area contributed by atoms with Crippen LogP contribution >= 0.6 is 0 Å². The third kappa shape index (κ3) is 5.60. The lowest BCUT2D eigenvalue weighted by Crippen LogP contribution is -2.41. The highest BCUT2D eigenvalue weighted by Gasteiger charge is 2.49. The van der Waals surface area contributed by atoms with Crippen molar-refractivity contribution in [3.63, 3.8) is 0 Å². The van der Waals surface area contributed by atoms with Gasteiger partial charge in [-0.15, -0.1) is 0 Å². The van der Waals surface area contributed by atoms with Crippen LogP contribution in [0, 0.1) is 18.7 Å². The Morgan fingerprint density at radius 2 is 1.86 bits per heavy atom. The monoisotopic (exact) mass is 519 g/mol. The zero-order valence-corrected chi connectivity index (χ0v) is 21.6. The minimum Gasteiger partial charge on any atom is -0.493 e. The fourth-order valence-corrected chi connectivity index (χ4v) is 4.17. The maximum absolute atomic E-state index is 15.1. The van der Waals surface area contributed by atoms with Crippen molar-refractivity contribution in [3.05, 3.63) is 53.1 Å². The van der Waals surface area contributed by atoms with Crippen LogP contribution in [0.15, 0.2) is 30.3 Å². The van der Waals surface area contributed by atoms with E-state index in [1.807, 2.05) is 0 Å². The molecular weight excluding hydrogens is 487 g/mol. The first-order valence-electron chi connectivity index (χ1n) is 12.1. The molecule has 1 aliphatic rings. The molecule has 37 heavy (non-hydrogen) atoms. The van der Waals surface area contributed by atoms with Crippen LogP contribution in [0.5, 0.6) is 11.5 Å². The van der Waals surface area contributed by atoms with E-state index in [0.717, 1.165) is 32.8 Å². The van der Waals surface area contributed by atoms with E-state index in [-0.39, 0.29) is 18.2 Å². The van der Waals surface area contributed by atoms with Gasteiger partial charge in [-0.25, -0.2) is 14.4 Å². The Hall–Kier alpha value is -3.11. The highest BCUT2D eigenvalue weighted by atomic mass is 19.3. The van der Waals surface area contributed by atoms with Gasteiger partial charge in [0, 0.05) is 30.7 Å². The maximum Gasteiger partial charge on any atom is 0.303 e. The van der Waals surface area contributed by atoms with E-state index in [9.17, 15) is 13.9 Å². The molecule has 1 saturated carbocycles. The van der Waals surface area contributed by atoms with E-state index in [4.69, 9.17) is 14.2 Å². The third-order valence-corrected chi connectivity index (χ3v) is 6.48. The number of rotatable bonds is 11. The number of aliphatic hydroxyl groups is 1. The summed E-state index contributed by atoms with van der Waals surface area (Å²) in [5, 5.41) is 13.6. The molecule has 3 aromatic rings. The highest BCUT2D eigenvalue weighted by Crippen LogP contribution is 2.41. The standard InChI is InChI=1S/C27H32F3N3O4/c1-15-32-20-12-21(36-5)22(37-23(14-35-4)16-9-10-16)11-18(20)25(33-15)31-13-17-7-6-8-19(24(17)28)27(29,30)26(2,3)34/h6-8,11-12,16,23,34H,9-10,13-14H2,1-5H3,(H,31,32,33). The number of benzene rings is 2. The van der Waals surface area contributed by atoms with Crippen LogP contribution in [0.2, 0.25) is 0 Å². The van der Waals surface area contributed by atoms with Crippen molar-refractivity contribution in [2.75, 3.05) is 26.1 Å². The van der Waals surface area contributed by atoms with E-state index in [1.54, 1.807) is 33.3 Å². The summed E-state index contributed by atoms with van der Waals surface area (Å²) in [7, 11) is 3.17. The molecule has 200 valence electrons. The molecule has 0 aliphatic heterocycles. The molecule has 0 spiro atoms. The summed E-state index contributed by atoms with van der Waals surface area (Å²) in [6, 6.07) is 7.23. The summed E-state index contributed by atoms with van der Waals surface area (Å²) in [6.07, 6.45) is 2.00. The molecule has 0 bridgehead atoms. The number of anilines is 1. The number of alkyl halides is 2. The Morgan fingerprint density at radius 3 is 2.49 bits per heavy atom. The Balaban J connectivity index is 1.67. The molecular formula is C27H32F3N3O4. The predicted molar refractivity (Wildman–Crippen MR) is 134 cm³/mol. The average Bonchev–Trinajstić information content (AvgIpc) is 3.67. The minimum atomic E-state index is -3.78. The molecule has 7 nitrogen and oxygen atoms in total. The fraction of sp³-hybridized carbons (Fsp3) is 0.481. The van der Waals surface area contributed by atoms with Crippen LogP contribution in [0.1, 0.15) is 43.6 Å². The summed E-state index contributed by atoms with van der Waals surface area (Å²) in [4.78, 5) is 8.94. The number of halogens is 3. The van der Waals surface area contributed by atoms with Crippen LogP contribution in [-0.2, 0) is 17.2 Å². The number of fused-ring (bicyclic) bond motifs is 1. The van der Waals surface area contributed by atoms with Crippen LogP contribution in [0.4, 0.5) is 19.0 Å². The Labute approximate surface area is 214 Å². The molecule has 1 aromatic heterocycles. The second kappa shape index (κ2) is 10.3. The minimum absolute atomic E-state index is 0.00437. The number of aryl methyl sites for hydroxylation is 1. The van der Waals surface area contributed by atoms with Gasteiger partial charge in [-0.1, -0.05) is 12.1 Å². The number of nitrogens with zero attached hydrogens (tertiary/aromatic N) is 2. The second-order valence-corrected chi connectivity index (χ2v) is 9.85. The smallest absolute Gasteiger partial charge is 0.303 e. The first-order chi connectivity index (χ1) is 17.5. The first-order valence-corrected chi connectivity index (χ1v) is 12.1. The Morgan fingerprint density at radius 1 is 1.14 bits per heavy atom. The lowest BCUT2D eigenvalue weighted by molar-refractivity contribution is -0.170. The van der Waals surface area contributed by atoms with Gasteiger partial charge in [0.1, 0.15) is 29.2 Å². The lowest BCUT2D eigenvalue weighted by Gasteiger charge is -2.30. The van der Waals surface area contributed by atoms with Crippen LogP contribution in [0.3, 0.4) is 0 Å². The van der Waals surface area contributed by atoms with E-state index >= 15 is 4.39 Å². The van der Waals surface area contributed by atoms with E-state index in [0.29, 0.717) is 46.6 Å². The van der Waals surface area contributed by atoms with Crippen molar-refractivity contribution in [2.24, 2.45) is 5.92 Å². The Bertz CT molecular complexity index is 1280. The lowest BCUT2D eigenvalue weighted by atomic mass is 9.92. The first kappa shape index (κ1) is 26.9. The van der Waals surface area contributed by atoms with Crippen molar-refractivity contribution < 1.29 is 32.5 Å². The maximum atomic E-state index is 15.1. The summed E-state index contributed by atoms with van der Waals surface area (Å²) in [5.41, 5.74) is -2.72. The van der Waals surface area contributed by atoms with Gasteiger partial charge >= 0.3 is 5.92 Å². The molecule has 1 fully saturated rings. The van der Waals surface area contributed by atoms with Gasteiger partial charge < -0.3 is 24.6 Å². The molecule has 10 heteroatoms. The van der Waals surface area contributed by atoms with Gasteiger partial charge in [0.2, 0.25) is 0 Å². The van der Waals surface area contributed by atoms with E-state index in [1.165, 1.54) is 12.1 Å². The summed E-state index contributed by atoms with van der Waals surface area (Å²) >= 11 is 0. The van der Waals surface area contributed by atoms with Gasteiger partial charge in [0.15, 0.2) is 11.5 Å². The number of methoxy groups -OCH3 is 2. The van der Waals surface area contributed by atoms with E-state index < -0.39 is 22.9 Å². The number of hydrogen-bond donors (Lipinski definition) is 2. The fourth-order valence-electron chi connectivity index (χ4n) is 4.17. The van der Waals surface area contributed by atoms with Crippen molar-refractivity contribution in [3.8, 4) is 11.5 Å². The largest absolute Gasteiger partial charge is 0.493 e. The van der Waals surface area contributed by atoms with Crippen molar-refractivity contribution >= 4 is 16.7 Å². The third-order valence-electron chi connectivity index (χ3n) is 6.48. The molecule has 0 amide bonds. The normalized spacial score (nSPS) is 15.1. The molecule has 1 unspecified atom stereocenters. The van der Waals surface area contributed by atoms with Crippen LogP contribution in [0.25, 0.3) is 10.9 Å².